The van der Waals surface area contributed by atoms with Gasteiger partial charge in [-0.05, 0) is 38.1 Å². The summed E-state index contributed by atoms with van der Waals surface area (Å²) in [7, 11) is 0. The molecule has 2 atom stereocenters. The van der Waals surface area contributed by atoms with Gasteiger partial charge in [0.15, 0.2) is 0 Å². The Balaban J connectivity index is 0.000000478. The molecule has 2 N–H and O–H groups in total. The third-order valence-corrected chi connectivity index (χ3v) is 3.21. The summed E-state index contributed by atoms with van der Waals surface area (Å²) in [6, 6.07) is 12.0. The molecule has 5 heteroatoms. The van der Waals surface area contributed by atoms with E-state index in [-0.39, 0.29) is 32.3 Å². The van der Waals surface area contributed by atoms with Crippen molar-refractivity contribution in [2.75, 3.05) is 0 Å². The topological polar surface area (TPSA) is 52.8 Å². The van der Waals surface area contributed by atoms with Crippen molar-refractivity contribution in [1.29, 1.82) is 0 Å². The second-order valence-corrected chi connectivity index (χ2v) is 5.61. The molecule has 0 amide bonds. The molecule has 1 radical (unpaired) electrons. The molecule has 3 nitrogen and oxygen atoms in total. The van der Waals surface area contributed by atoms with E-state index < -0.39 is 0 Å². The van der Waals surface area contributed by atoms with Gasteiger partial charge in [-0.25, -0.2) is 0 Å². The number of aliphatic hydroxyl groups is 2. The van der Waals surface area contributed by atoms with Crippen LogP contribution in [0.15, 0.2) is 46.8 Å². The molecular weight excluding hydrogens is 474 g/mol. The number of rotatable bonds is 4. The van der Waals surface area contributed by atoms with E-state index in [0.29, 0.717) is 6.42 Å². The minimum absolute atomic E-state index is 0. The zero-order chi connectivity index (χ0) is 15.7. The Bertz CT molecular complexity index is 519. The van der Waals surface area contributed by atoms with E-state index in [9.17, 15) is 0 Å². The monoisotopic (exact) mass is 497 g/mol. The van der Waals surface area contributed by atoms with Gasteiger partial charge in [0.05, 0.1) is 17.9 Å². The molecule has 0 aliphatic rings. The number of hydrogen-bond acceptors (Lipinski definition) is 4. The summed E-state index contributed by atoms with van der Waals surface area (Å²) in [5, 5.41) is 22.3. The van der Waals surface area contributed by atoms with Gasteiger partial charge in [-0.2, -0.15) is 6.07 Å². The van der Waals surface area contributed by atoms with Crippen LogP contribution in [0.2, 0.25) is 0 Å². The van der Waals surface area contributed by atoms with Gasteiger partial charge in [0.2, 0.25) is 0 Å². The van der Waals surface area contributed by atoms with Crippen molar-refractivity contribution in [1.82, 2.24) is 0 Å². The molecule has 2 unspecified atom stereocenters. The summed E-state index contributed by atoms with van der Waals surface area (Å²) in [5.41, 5.74) is 3.08. The van der Waals surface area contributed by atoms with Gasteiger partial charge in [-0.1, -0.05) is 30.5 Å². The minimum Gasteiger partial charge on any atom is -0.393 e. The fourth-order valence-electron chi connectivity index (χ4n) is 1.68. The van der Waals surface area contributed by atoms with Crippen LogP contribution in [0.25, 0.3) is 0 Å². The van der Waals surface area contributed by atoms with Crippen LogP contribution in [0.3, 0.4) is 0 Å². The molecule has 0 aliphatic carbocycles. The van der Waals surface area contributed by atoms with Crippen LogP contribution in [0.1, 0.15) is 32.8 Å². The maximum absolute atomic E-state index is 8.56. The van der Waals surface area contributed by atoms with E-state index in [1.54, 1.807) is 25.2 Å². The summed E-state index contributed by atoms with van der Waals surface area (Å²) in [6.07, 6.45) is -0.278. The molecule has 1 heterocycles. The molecule has 1 aromatic carbocycles. The number of para-hydroxylation sites is 1. The van der Waals surface area contributed by atoms with Gasteiger partial charge < -0.3 is 15.2 Å². The molecule has 2 rings (SSSR count). The van der Waals surface area contributed by atoms with Crippen LogP contribution in [0.4, 0.5) is 5.69 Å². The Hall–Kier alpha value is -0.841. The minimum atomic E-state index is -0.375. The smallest absolute Gasteiger partial charge is 0.0536 e. The second kappa shape index (κ2) is 11.7. The average Bonchev–Trinajstić information content (AvgIpc) is 2.93. The van der Waals surface area contributed by atoms with Crippen molar-refractivity contribution < 1.29 is 30.3 Å². The van der Waals surface area contributed by atoms with Gasteiger partial charge in [0.1, 0.15) is 0 Å². The summed E-state index contributed by atoms with van der Waals surface area (Å²) in [5.74, 6) is 0. The first-order chi connectivity index (χ1) is 9.99. The Morgan fingerprint density at radius 2 is 1.73 bits per heavy atom. The second-order valence-electron chi connectivity index (χ2n) is 4.90. The van der Waals surface area contributed by atoms with Crippen LogP contribution in [-0.2, 0) is 20.1 Å². The molecule has 0 saturated carbocycles. The Morgan fingerprint density at radius 1 is 1.14 bits per heavy atom. The molecule has 0 fully saturated rings. The zero-order valence-electron chi connectivity index (χ0n) is 13.0. The predicted molar refractivity (Wildman–Crippen MR) is 89.4 cm³/mol. The summed E-state index contributed by atoms with van der Waals surface area (Å²) >= 11 is 1.57. The average molecular weight is 497 g/mol. The Labute approximate surface area is 150 Å². The van der Waals surface area contributed by atoms with Crippen LogP contribution in [0.5, 0.6) is 0 Å². The molecule has 123 valence electrons. The third kappa shape index (κ3) is 9.23. The van der Waals surface area contributed by atoms with Crippen molar-refractivity contribution >= 4 is 22.7 Å². The van der Waals surface area contributed by atoms with Gasteiger partial charge in [-0.3, -0.25) is 11.3 Å². The Morgan fingerprint density at radius 3 is 2.14 bits per heavy atom. The van der Waals surface area contributed by atoms with Crippen molar-refractivity contribution in [3.05, 3.63) is 52.7 Å². The van der Waals surface area contributed by atoms with Gasteiger partial charge in [-0.15, -0.1) is 10.9 Å². The molecule has 1 aromatic heterocycles. The largest absolute Gasteiger partial charge is 0.393 e. The first-order valence-electron chi connectivity index (χ1n) is 6.91. The van der Waals surface area contributed by atoms with E-state index >= 15 is 0 Å². The van der Waals surface area contributed by atoms with Gasteiger partial charge in [0, 0.05) is 20.1 Å². The maximum Gasteiger partial charge on any atom is 0.0536 e. The number of benzene rings is 1. The molecule has 0 spiro atoms. The van der Waals surface area contributed by atoms with E-state index in [4.69, 9.17) is 10.2 Å². The van der Waals surface area contributed by atoms with Crippen LogP contribution >= 0.6 is 11.3 Å². The first-order valence-corrected chi connectivity index (χ1v) is 7.79. The molecule has 0 aliphatic heterocycles. The molecule has 0 saturated heterocycles. The number of thiophene rings is 1. The van der Waals surface area contributed by atoms with E-state index in [0.717, 1.165) is 17.0 Å². The number of aliphatic imine (C=N–C) groups is 1. The fraction of sp³-hybridized carbons (Fsp3) is 0.353. The number of aliphatic hydroxyl groups excluding tert-OH is 2. The van der Waals surface area contributed by atoms with Crippen molar-refractivity contribution in [2.24, 2.45) is 4.99 Å². The van der Waals surface area contributed by atoms with Gasteiger partial charge in [0.25, 0.3) is 0 Å². The molecular formula is C17H22IrNO2S-. The summed E-state index contributed by atoms with van der Waals surface area (Å²) in [4.78, 5) is 4.49. The normalized spacial score (nSPS) is 13.4. The maximum atomic E-state index is 8.56. The third-order valence-electron chi connectivity index (χ3n) is 2.60. The van der Waals surface area contributed by atoms with E-state index in [1.807, 2.05) is 48.7 Å². The van der Waals surface area contributed by atoms with Crippen LogP contribution in [0, 0.1) is 5.38 Å². The van der Waals surface area contributed by atoms with Crippen molar-refractivity contribution in [2.45, 2.75) is 39.4 Å². The first kappa shape index (κ1) is 21.2. The van der Waals surface area contributed by atoms with E-state index in [2.05, 4.69) is 10.4 Å². The molecule has 0 bridgehead atoms. The van der Waals surface area contributed by atoms with Gasteiger partial charge >= 0.3 is 0 Å². The van der Waals surface area contributed by atoms with Crippen molar-refractivity contribution in [3.63, 3.8) is 0 Å². The van der Waals surface area contributed by atoms with Crippen LogP contribution in [-0.4, -0.2) is 28.1 Å². The van der Waals surface area contributed by atoms with Crippen LogP contribution < -0.4 is 0 Å². The standard InChI is InChI=1S/C12H10NS.C5H12O2.Ir/c1-10(11-7-8-14-9-11)13-12-5-3-2-4-6-12;1-4(6)3-5(2)7;/h2-8H,1H3;4-7H,3H2,1-2H3;/q-1;;. The summed E-state index contributed by atoms with van der Waals surface area (Å²) in [6.45, 7) is 5.32. The van der Waals surface area contributed by atoms with Crippen molar-refractivity contribution in [3.8, 4) is 0 Å². The quantitative estimate of drug-likeness (QED) is 0.500. The van der Waals surface area contributed by atoms with E-state index in [1.165, 1.54) is 0 Å². The number of hydrogen-bond donors (Lipinski definition) is 2. The Kier molecular flexibility index (Phi) is 11.2. The molecule has 2 aromatic rings. The zero-order valence-corrected chi connectivity index (χ0v) is 16.2. The fourth-order valence-corrected chi connectivity index (χ4v) is 2.29. The number of nitrogens with zero attached hydrogens (tertiary/aromatic N) is 1. The predicted octanol–water partition coefficient (Wildman–Crippen LogP) is 3.82. The molecule has 22 heavy (non-hydrogen) atoms. The SMILES string of the molecule is CC(=Nc1ccccc1)c1[c-]scc1.CC(O)CC(C)O.[Ir]. The summed E-state index contributed by atoms with van der Waals surface area (Å²) < 4.78 is 0.